The van der Waals surface area contributed by atoms with Gasteiger partial charge in [0.2, 0.25) is 0 Å². The van der Waals surface area contributed by atoms with E-state index in [1.54, 1.807) is 14.1 Å². The summed E-state index contributed by atoms with van der Waals surface area (Å²) in [5.41, 5.74) is -0.418. The second-order valence-corrected chi connectivity index (χ2v) is 29.9. The van der Waals surface area contributed by atoms with Crippen molar-refractivity contribution in [3.05, 3.63) is 46.6 Å². The summed E-state index contributed by atoms with van der Waals surface area (Å²) in [5, 5.41) is 237. The number of rotatable bonds is 17. The normalized spacial score (nSPS) is 42.8. The molecular weight excluding hydrogens is 1520 g/mol. The van der Waals surface area contributed by atoms with Crippen LogP contribution >= 0.6 is 0 Å². The number of hydrogen-bond donors (Lipinski definition) is 20. The predicted molar refractivity (Wildman–Crippen MR) is 361 cm³/mol. The van der Waals surface area contributed by atoms with Gasteiger partial charge < -0.3 is 178 Å². The Kier molecular flexibility index (Phi) is 26.7. The largest absolute Gasteiger partial charge is 0.394 e. The molecular formula is C68H97N7O38. The first-order chi connectivity index (χ1) is 53.9. The predicted octanol–water partition coefficient (Wildman–Crippen LogP) is -13.0. The SMILES string of the molecule is CN(C)CCCN1C(=O)c2ccc3c4c(c(-c5cn(C[C@H]6O[C@@H]7O[C@H]8[C@H](O)[C@@H](O)[C@@H](O[C@H]9[C@H](O)[C@@H](O)[C@@H](O[C@H]%10[C@H](O)[C@@H](O)[C@@H](O[C@H]%11[C@H](O)[C@@H](O)[C@@H](O[C@H]%12[C@H](O)[C@@H](O)[C@@H](O[C@H]%13[C@H](O)[C@@H](O)[C@@H](O[C@H]6[C@H](O)[C@H]7O)O[C@@H]%13CO)O[C@@H]%12CO)O[C@@H]%11CO)O[C@@H]%10CO)O[C@@H]9CO)O[C@@H]8CO)nn5)cc(c24)C1=O)C(=O)N(CCCN(C)C)C3=O. The van der Waals surface area contributed by atoms with Crippen molar-refractivity contribution < 1.29 is 188 Å². The molecule has 0 aliphatic carbocycles. The Bertz CT molecular complexity index is 3800. The van der Waals surface area contributed by atoms with Crippen LogP contribution in [0.2, 0.25) is 0 Å². The maximum atomic E-state index is 15.1. The first-order valence-electron chi connectivity index (χ1n) is 36.8. The summed E-state index contributed by atoms with van der Waals surface area (Å²) in [6, 6.07) is 4.17. The highest BCUT2D eigenvalue weighted by atomic mass is 16.8. The molecule has 26 rings (SSSR count). The standard InChI is InChI=1S/C68H97N7O38/c1-71(2)9-5-11-74-58(96)22-7-8-23-35-34(22)25(60(74)98)13-24(36(35)61(99)75(59(23)97)12-6-10-72(3)4)26-14-73(70-69-26)15-27-51-37(82)44(89)62(100-27)108-52-28(16-76)102-64(46(91)39(52)84)110-54-30(18-78)104-66(48(93)41(54)86)112-56-32(20-80)106-68(50(95)43(56)88)113-57-33(21-81)105-67(49(94)42(57)87)111-55-31(19-79)103-65(47(92)40(55)85)109-53-29(17-77)101-63(107-51)45(90)38(53)83/h7-8,13-14,27-33,37-57,62-68,76-95H,5-6,9-12,15-21H2,1-4H3/t27-,28-,29-,30-,31-,32-,33-,37-,38-,39-,40-,41-,42-,43-,44-,45-,46-,47-,48-,49-,50-,51-,52-,53-,54-,55-,56-,57-,62-,63-,64-,65-,66-,67-,68-/m1/s1. The summed E-state index contributed by atoms with van der Waals surface area (Å²) in [4.78, 5) is 64.4. The van der Waals surface area contributed by atoms with Crippen molar-refractivity contribution in [1.29, 1.82) is 0 Å². The van der Waals surface area contributed by atoms with Gasteiger partial charge in [-0.3, -0.25) is 29.0 Å². The molecule has 23 aliphatic rings. The molecule has 1 aromatic heterocycles. The van der Waals surface area contributed by atoms with E-state index >= 15 is 4.79 Å². The lowest BCUT2D eigenvalue weighted by molar-refractivity contribution is -0.396. The molecule has 45 heteroatoms. The Morgan fingerprint density at radius 3 is 0.894 bits per heavy atom. The number of aromatic nitrogens is 3. The Balaban J connectivity index is 0.842. The third kappa shape index (κ3) is 16.2. The van der Waals surface area contributed by atoms with Crippen LogP contribution in [0.5, 0.6) is 0 Å². The van der Waals surface area contributed by atoms with Gasteiger partial charge in [0.15, 0.2) is 44.0 Å². The quantitative estimate of drug-likeness (QED) is 0.0558. The van der Waals surface area contributed by atoms with Crippen LogP contribution in [0.4, 0.5) is 0 Å². The highest BCUT2D eigenvalue weighted by Gasteiger charge is 2.60. The summed E-state index contributed by atoms with van der Waals surface area (Å²) < 4.78 is 83.7. The minimum Gasteiger partial charge on any atom is -0.394 e. The third-order valence-corrected chi connectivity index (χ3v) is 21.9. The van der Waals surface area contributed by atoms with Gasteiger partial charge in [-0.15, -0.1) is 5.10 Å². The van der Waals surface area contributed by atoms with Crippen LogP contribution in [0.1, 0.15) is 54.3 Å². The van der Waals surface area contributed by atoms with E-state index in [2.05, 4.69) is 10.3 Å². The fourth-order valence-electron chi connectivity index (χ4n) is 15.9. The van der Waals surface area contributed by atoms with E-state index in [9.17, 15) is 117 Å². The van der Waals surface area contributed by atoms with Crippen molar-refractivity contribution in [3.8, 4) is 11.3 Å². The molecule has 14 bridgehead atoms. The number of hydrogen-bond acceptors (Lipinski definition) is 42. The maximum absolute atomic E-state index is 15.1. The lowest BCUT2D eigenvalue weighted by Gasteiger charge is -2.50. The Morgan fingerprint density at radius 1 is 0.336 bits per heavy atom. The topological polar surface area (TPSA) is 646 Å². The van der Waals surface area contributed by atoms with Crippen LogP contribution in [0.15, 0.2) is 24.4 Å². The first-order valence-corrected chi connectivity index (χ1v) is 36.8. The zero-order valence-electron chi connectivity index (χ0n) is 61.1. The average Bonchev–Trinajstić information content (AvgIpc) is 1.39. The summed E-state index contributed by atoms with van der Waals surface area (Å²) in [6.07, 6.45) is -71.8. The van der Waals surface area contributed by atoms with Crippen LogP contribution in [-0.2, 0) is 72.9 Å². The number of amides is 4. The molecule has 0 spiro atoms. The molecule has 21 saturated heterocycles. The van der Waals surface area contributed by atoms with Crippen LogP contribution in [0.25, 0.3) is 22.0 Å². The number of nitrogens with zero attached hydrogens (tertiary/aromatic N) is 7. The Labute approximate surface area is 641 Å². The van der Waals surface area contributed by atoms with E-state index in [1.807, 2.05) is 23.9 Å². The van der Waals surface area contributed by atoms with Gasteiger partial charge in [-0.2, -0.15) is 0 Å². The molecule has 113 heavy (non-hydrogen) atoms. The summed E-state index contributed by atoms with van der Waals surface area (Å²) >= 11 is 0. The molecule has 2 aromatic carbocycles. The van der Waals surface area contributed by atoms with Gasteiger partial charge >= 0.3 is 0 Å². The van der Waals surface area contributed by atoms with E-state index in [4.69, 9.17) is 66.3 Å². The highest BCUT2D eigenvalue weighted by Crippen LogP contribution is 2.45. The molecule has 23 aliphatic heterocycles. The third-order valence-electron chi connectivity index (χ3n) is 21.9. The minimum atomic E-state index is -2.37. The highest BCUT2D eigenvalue weighted by molar-refractivity contribution is 6.35. The van der Waals surface area contributed by atoms with Crippen molar-refractivity contribution in [2.75, 3.05) is 94.0 Å². The van der Waals surface area contributed by atoms with E-state index < -0.39 is 285 Å². The molecule has 21 fully saturated rings. The van der Waals surface area contributed by atoms with Gasteiger partial charge in [-0.05, 0) is 72.3 Å². The monoisotopic (exact) mass is 1620 g/mol. The zero-order chi connectivity index (χ0) is 81.4. The van der Waals surface area contributed by atoms with Crippen LogP contribution in [-0.4, -0.2) is 469 Å². The number of aliphatic hydroxyl groups is 20. The molecule has 632 valence electrons. The van der Waals surface area contributed by atoms with Crippen molar-refractivity contribution >= 4 is 34.4 Å². The van der Waals surface area contributed by atoms with Crippen molar-refractivity contribution in [3.63, 3.8) is 0 Å². The molecule has 35 atom stereocenters. The summed E-state index contributed by atoms with van der Waals surface area (Å²) in [6.45, 7) is -6.55. The van der Waals surface area contributed by atoms with E-state index in [0.29, 0.717) is 25.9 Å². The summed E-state index contributed by atoms with van der Waals surface area (Å²) in [7, 11) is 7.21. The zero-order valence-corrected chi connectivity index (χ0v) is 61.1. The van der Waals surface area contributed by atoms with E-state index in [-0.39, 0.29) is 57.4 Å². The van der Waals surface area contributed by atoms with E-state index in [0.717, 1.165) is 14.5 Å². The number of aliphatic hydroxyl groups excluding tert-OH is 20. The van der Waals surface area contributed by atoms with Crippen molar-refractivity contribution in [2.24, 2.45) is 0 Å². The molecule has 4 amide bonds. The maximum Gasteiger partial charge on any atom is 0.262 e. The van der Waals surface area contributed by atoms with Gasteiger partial charge in [0.25, 0.3) is 23.6 Å². The number of benzene rings is 2. The second kappa shape index (κ2) is 35.3. The average molecular weight is 1620 g/mol. The van der Waals surface area contributed by atoms with Gasteiger partial charge in [0.1, 0.15) is 177 Å². The Hall–Kier alpha value is -5.32. The van der Waals surface area contributed by atoms with Gasteiger partial charge in [0, 0.05) is 46.1 Å². The van der Waals surface area contributed by atoms with Gasteiger partial charge in [-0.1, -0.05) is 5.21 Å². The fraction of sp³-hybridized carbons (Fsp3) is 0.765. The van der Waals surface area contributed by atoms with Crippen LogP contribution in [0, 0.1) is 0 Å². The Morgan fingerprint density at radius 2 is 0.602 bits per heavy atom. The molecule has 24 heterocycles. The number of ether oxygens (including phenoxy) is 14. The van der Waals surface area contributed by atoms with Crippen LogP contribution in [0.3, 0.4) is 0 Å². The first kappa shape index (κ1) is 85.6. The van der Waals surface area contributed by atoms with Crippen molar-refractivity contribution in [2.45, 2.75) is 234 Å². The number of imide groups is 2. The molecule has 20 N–H and O–H groups in total. The number of carbonyl (C=O) groups excluding carboxylic acids is 4. The summed E-state index contributed by atoms with van der Waals surface area (Å²) in [5.74, 6) is -2.96. The lowest BCUT2D eigenvalue weighted by atomic mass is 9.82. The van der Waals surface area contributed by atoms with E-state index in [1.165, 1.54) is 24.4 Å². The van der Waals surface area contributed by atoms with Gasteiger partial charge in [-0.25, -0.2) is 4.68 Å². The fourth-order valence-corrected chi connectivity index (χ4v) is 15.9. The minimum absolute atomic E-state index is 0.0159. The van der Waals surface area contributed by atoms with Crippen LogP contribution < -0.4 is 0 Å². The molecule has 45 nitrogen and oxygen atoms in total. The molecule has 0 unspecified atom stereocenters. The van der Waals surface area contributed by atoms with Crippen molar-refractivity contribution in [1.82, 2.24) is 34.6 Å². The lowest BCUT2D eigenvalue weighted by Crippen LogP contribution is -2.68. The van der Waals surface area contributed by atoms with Gasteiger partial charge in [0.05, 0.1) is 57.9 Å². The molecule has 0 radical (unpaired) electrons. The second-order valence-electron chi connectivity index (χ2n) is 29.9. The molecule has 0 saturated carbocycles. The number of carbonyl (C=O) groups is 4. The molecule has 3 aromatic rings. The smallest absolute Gasteiger partial charge is 0.262 e.